The zero-order chi connectivity index (χ0) is 23.5. The molecule has 2 aliphatic heterocycles. The molecule has 33 heavy (non-hydrogen) atoms. The number of fused-ring (bicyclic) bond motifs is 1. The summed E-state index contributed by atoms with van der Waals surface area (Å²) >= 11 is 0. The number of ether oxygens (including phenoxy) is 3. The molecule has 2 aliphatic rings. The van der Waals surface area contributed by atoms with Gasteiger partial charge < -0.3 is 24.2 Å². The Hall–Kier alpha value is -3.26. The van der Waals surface area contributed by atoms with Gasteiger partial charge in [0.2, 0.25) is 12.7 Å². The van der Waals surface area contributed by atoms with Crippen LogP contribution in [0.4, 0.5) is 0 Å². The fraction of sp³-hybridized carbons (Fsp3) is 0.440. The summed E-state index contributed by atoms with van der Waals surface area (Å²) in [4.78, 5) is 28.6. The Morgan fingerprint density at radius 1 is 1.12 bits per heavy atom. The number of nitrogens with zero attached hydrogens (tertiary/aromatic N) is 2. The van der Waals surface area contributed by atoms with E-state index in [1.165, 1.54) is 0 Å². The topological polar surface area (TPSA) is 88.5 Å². The zero-order valence-corrected chi connectivity index (χ0v) is 19.2. The van der Waals surface area contributed by atoms with Gasteiger partial charge in [0.05, 0.1) is 13.0 Å². The van der Waals surface area contributed by atoms with Gasteiger partial charge >= 0.3 is 5.97 Å². The van der Waals surface area contributed by atoms with E-state index in [9.17, 15) is 14.7 Å². The summed E-state index contributed by atoms with van der Waals surface area (Å²) in [7, 11) is 3.39. The van der Waals surface area contributed by atoms with E-state index >= 15 is 0 Å². The molecule has 0 bridgehead atoms. The highest BCUT2D eigenvalue weighted by Gasteiger charge is 2.47. The van der Waals surface area contributed by atoms with Crippen LogP contribution in [-0.4, -0.2) is 67.4 Å². The van der Waals surface area contributed by atoms with Crippen LogP contribution >= 0.6 is 0 Å². The van der Waals surface area contributed by atoms with Crippen molar-refractivity contribution in [1.29, 1.82) is 0 Å². The molecule has 1 N–H and O–H groups in total. The molecule has 4 rings (SSSR count). The van der Waals surface area contributed by atoms with Crippen LogP contribution in [0.3, 0.4) is 0 Å². The van der Waals surface area contributed by atoms with E-state index in [4.69, 9.17) is 14.2 Å². The number of carbonyl (C=O) groups excluding carboxylic acids is 1. The normalized spacial score (nSPS) is 21.7. The fourth-order valence-electron chi connectivity index (χ4n) is 4.81. The summed E-state index contributed by atoms with van der Waals surface area (Å²) in [6.45, 7) is 3.67. The lowest BCUT2D eigenvalue weighted by molar-refractivity contribution is -0.143. The minimum atomic E-state index is -0.848. The minimum absolute atomic E-state index is 0.0669. The summed E-state index contributed by atoms with van der Waals surface area (Å²) in [6.07, 6.45) is 0.440. The van der Waals surface area contributed by atoms with Crippen molar-refractivity contribution in [2.45, 2.75) is 25.3 Å². The summed E-state index contributed by atoms with van der Waals surface area (Å²) < 4.78 is 16.2. The first-order chi connectivity index (χ1) is 15.9. The summed E-state index contributed by atoms with van der Waals surface area (Å²) in [5.41, 5.74) is 1.82. The van der Waals surface area contributed by atoms with Crippen molar-refractivity contribution in [2.75, 3.05) is 40.6 Å². The first-order valence-corrected chi connectivity index (χ1v) is 11.2. The highest BCUT2D eigenvalue weighted by atomic mass is 16.7. The highest BCUT2D eigenvalue weighted by Crippen LogP contribution is 2.47. The first kappa shape index (κ1) is 22.9. The van der Waals surface area contributed by atoms with Crippen molar-refractivity contribution >= 4 is 11.9 Å². The molecule has 3 unspecified atom stereocenters. The second kappa shape index (κ2) is 9.70. The molecular formula is C25H30N2O6. The molecule has 3 atom stereocenters. The number of hydrogen-bond acceptors (Lipinski definition) is 6. The van der Waals surface area contributed by atoms with Gasteiger partial charge in [-0.1, -0.05) is 25.1 Å². The Kier molecular flexibility index (Phi) is 6.74. The van der Waals surface area contributed by atoms with Gasteiger partial charge in [0, 0.05) is 45.1 Å². The van der Waals surface area contributed by atoms with Crippen LogP contribution in [0.25, 0.3) is 0 Å². The maximum Gasteiger partial charge on any atom is 0.309 e. The van der Waals surface area contributed by atoms with E-state index in [1.54, 1.807) is 19.1 Å². The lowest BCUT2D eigenvalue weighted by Crippen LogP contribution is -2.37. The van der Waals surface area contributed by atoms with Crippen molar-refractivity contribution in [2.24, 2.45) is 5.92 Å². The van der Waals surface area contributed by atoms with Gasteiger partial charge in [-0.2, -0.15) is 0 Å². The number of likely N-dealkylation sites (N-methyl/N-ethyl adjacent to an activating group) is 1. The van der Waals surface area contributed by atoms with Crippen molar-refractivity contribution in [3.8, 4) is 17.2 Å². The number of hydrogen-bond donors (Lipinski definition) is 1. The minimum Gasteiger partial charge on any atom is -0.497 e. The van der Waals surface area contributed by atoms with Gasteiger partial charge in [-0.05, 0) is 35.4 Å². The van der Waals surface area contributed by atoms with Gasteiger partial charge in [-0.3, -0.25) is 14.5 Å². The molecule has 8 heteroatoms. The van der Waals surface area contributed by atoms with Crippen LogP contribution in [0, 0.1) is 5.92 Å². The molecule has 0 radical (unpaired) electrons. The highest BCUT2D eigenvalue weighted by molar-refractivity contribution is 5.75. The van der Waals surface area contributed by atoms with E-state index < -0.39 is 11.9 Å². The molecular weight excluding hydrogens is 424 g/mol. The zero-order valence-electron chi connectivity index (χ0n) is 19.2. The Morgan fingerprint density at radius 3 is 2.48 bits per heavy atom. The SMILES string of the molecule is CCC(=O)N(C)CCN1CC(c2ccc3c(c2)OCO3)C(C(=O)O)C1c1ccc(OC)cc1. The van der Waals surface area contributed by atoms with E-state index in [0.29, 0.717) is 37.6 Å². The Morgan fingerprint density at radius 2 is 1.82 bits per heavy atom. The van der Waals surface area contributed by atoms with E-state index in [-0.39, 0.29) is 24.7 Å². The predicted molar refractivity (Wildman–Crippen MR) is 122 cm³/mol. The van der Waals surface area contributed by atoms with E-state index in [1.807, 2.05) is 49.4 Å². The van der Waals surface area contributed by atoms with Crippen LogP contribution in [0.1, 0.15) is 36.4 Å². The van der Waals surface area contributed by atoms with Crippen molar-refractivity contribution in [1.82, 2.24) is 9.80 Å². The van der Waals surface area contributed by atoms with Gasteiger partial charge in [-0.25, -0.2) is 0 Å². The lowest BCUT2D eigenvalue weighted by Gasteiger charge is -2.29. The van der Waals surface area contributed by atoms with Crippen LogP contribution in [0.5, 0.6) is 17.2 Å². The second-order valence-electron chi connectivity index (χ2n) is 8.46. The smallest absolute Gasteiger partial charge is 0.309 e. The summed E-state index contributed by atoms with van der Waals surface area (Å²) in [6, 6.07) is 12.9. The number of carboxylic acid groups (broad SMARTS) is 1. The number of methoxy groups -OCH3 is 1. The van der Waals surface area contributed by atoms with Crippen LogP contribution in [0.2, 0.25) is 0 Å². The average molecular weight is 455 g/mol. The third-order valence-electron chi connectivity index (χ3n) is 6.62. The van der Waals surface area contributed by atoms with Gasteiger partial charge in [0.15, 0.2) is 11.5 Å². The number of benzene rings is 2. The summed E-state index contributed by atoms with van der Waals surface area (Å²) in [5.74, 6) is 0.352. The van der Waals surface area contributed by atoms with E-state index in [2.05, 4.69) is 4.90 Å². The molecule has 1 fully saturated rings. The third-order valence-corrected chi connectivity index (χ3v) is 6.62. The average Bonchev–Trinajstić information content (AvgIpc) is 3.46. The monoisotopic (exact) mass is 454 g/mol. The van der Waals surface area contributed by atoms with Crippen molar-refractivity contribution < 1.29 is 28.9 Å². The van der Waals surface area contributed by atoms with Gasteiger partial charge in [0.25, 0.3) is 0 Å². The number of aliphatic carboxylic acids is 1. The molecule has 1 saturated heterocycles. The second-order valence-corrected chi connectivity index (χ2v) is 8.46. The largest absolute Gasteiger partial charge is 0.497 e. The van der Waals surface area contributed by atoms with E-state index in [0.717, 1.165) is 16.9 Å². The Bertz CT molecular complexity index is 1010. The third kappa shape index (κ3) is 4.61. The fourth-order valence-corrected chi connectivity index (χ4v) is 4.81. The first-order valence-electron chi connectivity index (χ1n) is 11.2. The number of rotatable bonds is 8. The number of carboxylic acids is 1. The molecule has 1 amide bonds. The Balaban J connectivity index is 1.67. The molecule has 2 aromatic rings. The lowest BCUT2D eigenvalue weighted by atomic mass is 9.82. The molecule has 8 nitrogen and oxygen atoms in total. The molecule has 0 spiro atoms. The molecule has 2 heterocycles. The molecule has 2 aromatic carbocycles. The number of amides is 1. The standard InChI is InChI=1S/C25H30N2O6/c1-4-22(28)26(2)11-12-27-14-19(17-7-10-20-21(13-17)33-15-32-20)23(25(29)30)24(27)16-5-8-18(31-3)9-6-16/h5-10,13,19,23-24H,4,11-12,14-15H2,1-3H3,(H,29,30). The maximum absolute atomic E-state index is 12.6. The molecule has 176 valence electrons. The summed E-state index contributed by atoms with van der Waals surface area (Å²) in [5, 5.41) is 10.3. The maximum atomic E-state index is 12.6. The van der Waals surface area contributed by atoms with Gasteiger partial charge in [-0.15, -0.1) is 0 Å². The Labute approximate surface area is 193 Å². The molecule has 0 saturated carbocycles. The quantitative estimate of drug-likeness (QED) is 0.656. The van der Waals surface area contributed by atoms with Crippen LogP contribution in [0.15, 0.2) is 42.5 Å². The number of carbonyl (C=O) groups is 2. The van der Waals surface area contributed by atoms with Crippen molar-refractivity contribution in [3.63, 3.8) is 0 Å². The van der Waals surface area contributed by atoms with Crippen LogP contribution in [-0.2, 0) is 9.59 Å². The van der Waals surface area contributed by atoms with Gasteiger partial charge in [0.1, 0.15) is 5.75 Å². The molecule has 0 aliphatic carbocycles. The van der Waals surface area contributed by atoms with Crippen molar-refractivity contribution in [3.05, 3.63) is 53.6 Å². The molecule has 0 aromatic heterocycles. The number of likely N-dealkylation sites (tertiary alicyclic amines) is 1. The van der Waals surface area contributed by atoms with Crippen LogP contribution < -0.4 is 14.2 Å². The predicted octanol–water partition coefficient (Wildman–Crippen LogP) is 3.13.